The molecular weight excluding hydrogens is 287 g/mol. The van der Waals surface area contributed by atoms with Gasteiger partial charge in [0.25, 0.3) is 11.8 Å². The summed E-state index contributed by atoms with van der Waals surface area (Å²) in [5, 5.41) is 2.60. The highest BCUT2D eigenvalue weighted by Crippen LogP contribution is 2.19. The van der Waals surface area contributed by atoms with E-state index in [9.17, 15) is 14.0 Å². The average Bonchev–Trinajstić information content (AvgIpc) is 2.50. The highest BCUT2D eigenvalue weighted by atomic mass is 19.1. The molecule has 0 bridgehead atoms. The summed E-state index contributed by atoms with van der Waals surface area (Å²) in [6, 6.07) is 10.5. The minimum Gasteiger partial charge on any atom is -0.322 e. The number of hydroxylamine groups is 1. The predicted octanol–water partition coefficient (Wildman–Crippen LogP) is 2.68. The van der Waals surface area contributed by atoms with Gasteiger partial charge in [-0.1, -0.05) is 18.2 Å². The Kier molecular flexibility index (Phi) is 4.85. The summed E-state index contributed by atoms with van der Waals surface area (Å²) in [5.74, 6) is -1.62. The van der Waals surface area contributed by atoms with E-state index in [1.807, 2.05) is 0 Å². The van der Waals surface area contributed by atoms with Crippen LogP contribution in [0.4, 0.5) is 10.1 Å². The zero-order chi connectivity index (χ0) is 16.1. The van der Waals surface area contributed by atoms with Crippen LogP contribution >= 0.6 is 0 Å². The lowest BCUT2D eigenvalue weighted by molar-refractivity contribution is 0.0537. The number of hydrogen-bond donors (Lipinski definition) is 2. The van der Waals surface area contributed by atoms with Crippen LogP contribution in [0.15, 0.2) is 42.5 Å². The highest BCUT2D eigenvalue weighted by molar-refractivity contribution is 6.05. The first kappa shape index (κ1) is 15.7. The van der Waals surface area contributed by atoms with Crippen LogP contribution < -0.4 is 10.8 Å². The van der Waals surface area contributed by atoms with Gasteiger partial charge in [0.05, 0.1) is 12.7 Å². The van der Waals surface area contributed by atoms with Crippen molar-refractivity contribution in [1.29, 1.82) is 0 Å². The van der Waals surface area contributed by atoms with Crippen molar-refractivity contribution in [2.75, 3.05) is 12.4 Å². The molecule has 0 saturated carbocycles. The van der Waals surface area contributed by atoms with E-state index in [4.69, 9.17) is 0 Å². The molecule has 0 atom stereocenters. The fourth-order valence-corrected chi connectivity index (χ4v) is 1.88. The van der Waals surface area contributed by atoms with E-state index in [1.54, 1.807) is 25.1 Å². The Hall–Kier alpha value is -2.73. The molecule has 2 aromatic carbocycles. The van der Waals surface area contributed by atoms with Gasteiger partial charge in [0.15, 0.2) is 0 Å². The molecule has 0 aliphatic carbocycles. The van der Waals surface area contributed by atoms with E-state index in [0.29, 0.717) is 11.3 Å². The molecule has 2 amide bonds. The number of nitrogens with one attached hydrogen (secondary N) is 2. The average molecular weight is 302 g/mol. The van der Waals surface area contributed by atoms with E-state index in [0.717, 1.165) is 5.56 Å². The van der Waals surface area contributed by atoms with Crippen molar-refractivity contribution in [1.82, 2.24) is 5.48 Å². The third-order valence-electron chi connectivity index (χ3n) is 3.06. The molecule has 2 N–H and O–H groups in total. The van der Waals surface area contributed by atoms with Crippen LogP contribution in [-0.4, -0.2) is 18.9 Å². The number of halogens is 1. The predicted molar refractivity (Wildman–Crippen MR) is 80.0 cm³/mol. The van der Waals surface area contributed by atoms with Gasteiger partial charge in [0.1, 0.15) is 5.82 Å². The van der Waals surface area contributed by atoms with Crippen LogP contribution in [0.2, 0.25) is 0 Å². The van der Waals surface area contributed by atoms with Gasteiger partial charge in [-0.25, -0.2) is 9.87 Å². The van der Waals surface area contributed by atoms with Crippen molar-refractivity contribution in [3.05, 3.63) is 65.0 Å². The van der Waals surface area contributed by atoms with Crippen molar-refractivity contribution < 1.29 is 18.8 Å². The monoisotopic (exact) mass is 302 g/mol. The number of hydrogen-bond acceptors (Lipinski definition) is 3. The van der Waals surface area contributed by atoms with E-state index in [2.05, 4.69) is 15.6 Å². The van der Waals surface area contributed by atoms with Crippen LogP contribution in [0.5, 0.6) is 0 Å². The smallest absolute Gasteiger partial charge is 0.274 e. The Bertz CT molecular complexity index is 716. The molecule has 0 fully saturated rings. The molecule has 6 heteroatoms. The van der Waals surface area contributed by atoms with Crippen molar-refractivity contribution >= 4 is 17.5 Å². The largest absolute Gasteiger partial charge is 0.322 e. The van der Waals surface area contributed by atoms with Crippen LogP contribution in [0.3, 0.4) is 0 Å². The summed E-state index contributed by atoms with van der Waals surface area (Å²) in [7, 11) is 1.33. The molecule has 0 aliphatic heterocycles. The Morgan fingerprint density at radius 1 is 1.09 bits per heavy atom. The lowest BCUT2D eigenvalue weighted by Crippen LogP contribution is -2.22. The van der Waals surface area contributed by atoms with Crippen molar-refractivity contribution in [3.63, 3.8) is 0 Å². The summed E-state index contributed by atoms with van der Waals surface area (Å²) < 4.78 is 13.6. The van der Waals surface area contributed by atoms with Crippen molar-refractivity contribution in [2.45, 2.75) is 6.92 Å². The van der Waals surface area contributed by atoms with Crippen molar-refractivity contribution in [2.24, 2.45) is 0 Å². The van der Waals surface area contributed by atoms with Gasteiger partial charge in [-0.2, -0.15) is 0 Å². The molecular formula is C16H15FN2O3. The van der Waals surface area contributed by atoms with Gasteiger partial charge in [0.2, 0.25) is 0 Å². The van der Waals surface area contributed by atoms with E-state index in [-0.39, 0.29) is 5.56 Å². The molecule has 2 aromatic rings. The van der Waals surface area contributed by atoms with Crippen LogP contribution in [0, 0.1) is 12.7 Å². The maximum Gasteiger partial charge on any atom is 0.274 e. The zero-order valence-corrected chi connectivity index (χ0v) is 12.1. The minimum atomic E-state index is -0.606. The number of rotatable bonds is 4. The van der Waals surface area contributed by atoms with Gasteiger partial charge in [-0.15, -0.1) is 0 Å². The number of anilines is 1. The zero-order valence-electron chi connectivity index (χ0n) is 12.1. The molecule has 114 valence electrons. The lowest BCUT2D eigenvalue weighted by atomic mass is 10.1. The first-order valence-corrected chi connectivity index (χ1v) is 6.52. The van der Waals surface area contributed by atoms with Crippen LogP contribution in [0.1, 0.15) is 26.3 Å². The molecule has 0 spiro atoms. The molecule has 0 heterocycles. The lowest BCUT2D eigenvalue weighted by Gasteiger charge is -2.11. The summed E-state index contributed by atoms with van der Waals surface area (Å²) in [5.41, 5.74) is 3.62. The number of carbonyl (C=O) groups is 2. The van der Waals surface area contributed by atoms with Gasteiger partial charge in [-0.3, -0.25) is 14.4 Å². The SMILES string of the molecule is CONC(=O)c1ccc(C)c(NC(=O)c2ccccc2F)c1. The van der Waals surface area contributed by atoms with Gasteiger partial charge in [-0.05, 0) is 36.8 Å². The van der Waals surface area contributed by atoms with Crippen molar-refractivity contribution in [3.8, 4) is 0 Å². The fraction of sp³-hybridized carbons (Fsp3) is 0.125. The van der Waals surface area contributed by atoms with Gasteiger partial charge >= 0.3 is 0 Å². The standard InChI is InChI=1S/C16H15FN2O3/c1-10-7-8-11(15(20)19-22-2)9-14(10)18-16(21)12-5-3-4-6-13(12)17/h3-9H,1-2H3,(H,18,21)(H,19,20). The molecule has 5 nitrogen and oxygen atoms in total. The van der Waals surface area contributed by atoms with E-state index in [1.165, 1.54) is 31.4 Å². The normalized spacial score (nSPS) is 10.1. The summed E-state index contributed by atoms with van der Waals surface area (Å²) in [6.45, 7) is 1.77. The third kappa shape index (κ3) is 3.48. The van der Waals surface area contributed by atoms with Gasteiger partial charge in [0, 0.05) is 11.3 Å². The van der Waals surface area contributed by atoms with E-state index >= 15 is 0 Å². The second-order valence-electron chi connectivity index (χ2n) is 4.60. The molecule has 0 aliphatic rings. The number of carbonyl (C=O) groups excluding carboxylic acids is 2. The van der Waals surface area contributed by atoms with E-state index < -0.39 is 17.6 Å². The Labute approximate surface area is 127 Å². The maximum absolute atomic E-state index is 13.6. The third-order valence-corrected chi connectivity index (χ3v) is 3.06. The summed E-state index contributed by atoms with van der Waals surface area (Å²) in [4.78, 5) is 28.4. The molecule has 22 heavy (non-hydrogen) atoms. The summed E-state index contributed by atoms with van der Waals surface area (Å²) >= 11 is 0. The quantitative estimate of drug-likeness (QED) is 0.853. The minimum absolute atomic E-state index is 0.0614. The topological polar surface area (TPSA) is 67.4 Å². The van der Waals surface area contributed by atoms with Gasteiger partial charge < -0.3 is 5.32 Å². The number of aryl methyl sites for hydroxylation is 1. The Balaban J connectivity index is 2.25. The molecule has 0 unspecified atom stereocenters. The fourth-order valence-electron chi connectivity index (χ4n) is 1.88. The number of amides is 2. The summed E-state index contributed by atoms with van der Waals surface area (Å²) in [6.07, 6.45) is 0. The first-order valence-electron chi connectivity index (χ1n) is 6.52. The molecule has 0 saturated heterocycles. The second kappa shape index (κ2) is 6.82. The van der Waals surface area contributed by atoms with Crippen LogP contribution in [0.25, 0.3) is 0 Å². The maximum atomic E-state index is 13.6. The highest BCUT2D eigenvalue weighted by Gasteiger charge is 2.14. The Morgan fingerprint density at radius 3 is 2.50 bits per heavy atom. The second-order valence-corrected chi connectivity index (χ2v) is 4.60. The Morgan fingerprint density at radius 2 is 1.82 bits per heavy atom. The first-order chi connectivity index (χ1) is 10.5. The molecule has 0 radical (unpaired) electrons. The molecule has 0 aromatic heterocycles. The van der Waals surface area contributed by atoms with Crippen LogP contribution in [-0.2, 0) is 4.84 Å². The molecule has 2 rings (SSSR count). The number of benzene rings is 2.